The molecule has 1 aromatic rings. The third-order valence-electron chi connectivity index (χ3n) is 4.01. The number of aliphatic imine (C=N–C) groups is 1. The molecule has 1 aliphatic heterocycles. The van der Waals surface area contributed by atoms with E-state index in [0.717, 1.165) is 31.6 Å². The number of hydrogen-bond acceptors (Lipinski definition) is 4. The van der Waals surface area contributed by atoms with Crippen molar-refractivity contribution in [2.75, 3.05) is 58.5 Å². The van der Waals surface area contributed by atoms with Crippen molar-refractivity contribution in [2.45, 2.75) is 12.8 Å². The number of guanidine groups is 1. The van der Waals surface area contributed by atoms with Gasteiger partial charge in [0, 0.05) is 39.5 Å². The van der Waals surface area contributed by atoms with Crippen LogP contribution in [0.15, 0.2) is 29.3 Å². The van der Waals surface area contributed by atoms with E-state index < -0.39 is 0 Å². The predicted octanol–water partition coefficient (Wildman–Crippen LogP) is 1.41. The van der Waals surface area contributed by atoms with Gasteiger partial charge in [0.1, 0.15) is 0 Å². The maximum Gasteiger partial charge on any atom is 0.246 e. The Morgan fingerprint density at radius 2 is 2.04 bits per heavy atom. The largest absolute Gasteiger partial charge is 0.382 e. The molecule has 1 amide bonds. The van der Waals surface area contributed by atoms with E-state index in [4.69, 9.17) is 9.47 Å². The number of methoxy groups -OCH3 is 1. The predicted molar refractivity (Wildman–Crippen MR) is 115 cm³/mol. The quantitative estimate of drug-likeness (QED) is 0.244. The third kappa shape index (κ3) is 7.08. The SMILES string of the molecule is CN=C(NCCCOCCOC)NCC(=O)N1CCc2ccccc21.I. The number of fused-ring (bicyclic) bond motifs is 1. The van der Waals surface area contributed by atoms with Crippen LogP contribution in [-0.4, -0.2) is 65.5 Å². The topological polar surface area (TPSA) is 75.2 Å². The van der Waals surface area contributed by atoms with Gasteiger partial charge < -0.3 is 25.0 Å². The van der Waals surface area contributed by atoms with E-state index >= 15 is 0 Å². The molecular formula is C18H29IN4O3. The zero-order chi connectivity index (χ0) is 17.9. The lowest BCUT2D eigenvalue weighted by Crippen LogP contribution is -2.44. The Morgan fingerprint density at radius 3 is 2.81 bits per heavy atom. The molecule has 2 N–H and O–H groups in total. The Morgan fingerprint density at radius 1 is 1.23 bits per heavy atom. The van der Waals surface area contributed by atoms with E-state index in [1.807, 2.05) is 23.1 Å². The number of para-hydroxylation sites is 1. The van der Waals surface area contributed by atoms with Gasteiger partial charge in [-0.05, 0) is 24.5 Å². The van der Waals surface area contributed by atoms with Crippen molar-refractivity contribution in [3.63, 3.8) is 0 Å². The fraction of sp³-hybridized carbons (Fsp3) is 0.556. The number of nitrogens with zero attached hydrogens (tertiary/aromatic N) is 2. The summed E-state index contributed by atoms with van der Waals surface area (Å²) in [6, 6.07) is 8.05. The summed E-state index contributed by atoms with van der Waals surface area (Å²) >= 11 is 0. The minimum absolute atomic E-state index is 0. The summed E-state index contributed by atoms with van der Waals surface area (Å²) in [4.78, 5) is 18.4. The summed E-state index contributed by atoms with van der Waals surface area (Å²) in [6.45, 7) is 3.57. The molecule has 1 aliphatic rings. The van der Waals surface area contributed by atoms with Gasteiger partial charge >= 0.3 is 0 Å². The van der Waals surface area contributed by atoms with Crippen molar-refractivity contribution in [2.24, 2.45) is 4.99 Å². The van der Waals surface area contributed by atoms with Gasteiger partial charge in [-0.1, -0.05) is 18.2 Å². The van der Waals surface area contributed by atoms with Gasteiger partial charge in [0.25, 0.3) is 0 Å². The van der Waals surface area contributed by atoms with Gasteiger partial charge in [-0.15, -0.1) is 24.0 Å². The molecule has 0 aliphatic carbocycles. The second kappa shape index (κ2) is 12.9. The molecule has 146 valence electrons. The maximum atomic E-state index is 12.5. The molecule has 0 fully saturated rings. The Labute approximate surface area is 172 Å². The summed E-state index contributed by atoms with van der Waals surface area (Å²) in [7, 11) is 3.35. The van der Waals surface area contributed by atoms with Crippen LogP contribution >= 0.6 is 24.0 Å². The smallest absolute Gasteiger partial charge is 0.246 e. The normalized spacial score (nSPS) is 13.2. The Bertz CT molecular complexity index is 583. The summed E-state index contributed by atoms with van der Waals surface area (Å²) in [5, 5.41) is 6.26. The van der Waals surface area contributed by atoms with Gasteiger partial charge in [-0.25, -0.2) is 0 Å². The van der Waals surface area contributed by atoms with Crippen molar-refractivity contribution < 1.29 is 14.3 Å². The van der Waals surface area contributed by atoms with Crippen LogP contribution in [0.5, 0.6) is 0 Å². The van der Waals surface area contributed by atoms with Crippen LogP contribution in [0.4, 0.5) is 5.69 Å². The lowest BCUT2D eigenvalue weighted by Gasteiger charge is -2.18. The molecule has 0 aromatic heterocycles. The summed E-state index contributed by atoms with van der Waals surface area (Å²) < 4.78 is 10.3. The second-order valence-electron chi connectivity index (χ2n) is 5.74. The van der Waals surface area contributed by atoms with E-state index in [1.54, 1.807) is 14.2 Å². The number of nitrogens with one attached hydrogen (secondary N) is 2. The second-order valence-corrected chi connectivity index (χ2v) is 5.74. The minimum atomic E-state index is 0. The molecule has 0 spiro atoms. The van der Waals surface area contributed by atoms with Crippen LogP contribution in [-0.2, 0) is 20.7 Å². The number of anilines is 1. The van der Waals surface area contributed by atoms with Gasteiger partial charge in [-0.2, -0.15) is 0 Å². The highest BCUT2D eigenvalue weighted by Gasteiger charge is 2.23. The van der Waals surface area contributed by atoms with Crippen LogP contribution in [0.1, 0.15) is 12.0 Å². The zero-order valence-corrected chi connectivity index (χ0v) is 17.8. The molecule has 7 nitrogen and oxygen atoms in total. The van der Waals surface area contributed by atoms with Gasteiger partial charge in [0.2, 0.25) is 5.91 Å². The average Bonchev–Trinajstić information content (AvgIpc) is 3.07. The standard InChI is InChI=1S/C18H28N4O3.HI/c1-19-18(20-9-5-11-25-13-12-24-2)21-14-17(23)22-10-8-15-6-3-4-7-16(15)22;/h3-4,6-7H,5,8-14H2,1-2H3,(H2,19,20,21);1H. The molecule has 2 rings (SSSR count). The highest BCUT2D eigenvalue weighted by Crippen LogP contribution is 2.27. The minimum Gasteiger partial charge on any atom is -0.382 e. The third-order valence-corrected chi connectivity index (χ3v) is 4.01. The van der Waals surface area contributed by atoms with Gasteiger partial charge in [0.15, 0.2) is 5.96 Å². The van der Waals surface area contributed by atoms with E-state index in [-0.39, 0.29) is 36.4 Å². The fourth-order valence-corrected chi connectivity index (χ4v) is 2.70. The van der Waals surface area contributed by atoms with E-state index in [1.165, 1.54) is 5.56 Å². The lowest BCUT2D eigenvalue weighted by molar-refractivity contribution is -0.117. The molecule has 0 saturated heterocycles. The van der Waals surface area contributed by atoms with E-state index in [9.17, 15) is 4.79 Å². The average molecular weight is 476 g/mol. The first-order valence-electron chi connectivity index (χ1n) is 8.65. The van der Waals surface area contributed by atoms with Crippen LogP contribution < -0.4 is 15.5 Å². The Kier molecular flexibility index (Phi) is 11.2. The molecular weight excluding hydrogens is 447 g/mol. The van der Waals surface area contributed by atoms with Gasteiger partial charge in [-0.3, -0.25) is 9.79 Å². The number of halogens is 1. The molecule has 0 radical (unpaired) electrons. The van der Waals surface area contributed by atoms with Crippen molar-refractivity contribution in [1.29, 1.82) is 0 Å². The van der Waals surface area contributed by atoms with Crippen molar-refractivity contribution >= 4 is 41.5 Å². The summed E-state index contributed by atoms with van der Waals surface area (Å²) in [6.07, 6.45) is 1.77. The first-order valence-corrected chi connectivity index (χ1v) is 8.65. The van der Waals surface area contributed by atoms with Crippen molar-refractivity contribution in [3.8, 4) is 0 Å². The van der Waals surface area contributed by atoms with Crippen LogP contribution in [0.2, 0.25) is 0 Å². The van der Waals surface area contributed by atoms with E-state index in [2.05, 4.69) is 21.7 Å². The molecule has 0 unspecified atom stereocenters. The number of hydrogen-bond donors (Lipinski definition) is 2. The molecule has 0 saturated carbocycles. The van der Waals surface area contributed by atoms with Crippen LogP contribution in [0.25, 0.3) is 0 Å². The molecule has 0 bridgehead atoms. The number of benzene rings is 1. The zero-order valence-electron chi connectivity index (χ0n) is 15.5. The Hall–Kier alpha value is -1.39. The highest BCUT2D eigenvalue weighted by atomic mass is 127. The number of amides is 1. The van der Waals surface area contributed by atoms with Crippen molar-refractivity contribution in [1.82, 2.24) is 10.6 Å². The lowest BCUT2D eigenvalue weighted by atomic mass is 10.2. The first kappa shape index (κ1) is 22.7. The number of carbonyl (C=O) groups excluding carboxylic acids is 1. The fourth-order valence-electron chi connectivity index (χ4n) is 2.70. The first-order chi connectivity index (χ1) is 12.3. The van der Waals surface area contributed by atoms with Crippen LogP contribution in [0.3, 0.4) is 0 Å². The highest BCUT2D eigenvalue weighted by molar-refractivity contribution is 14.0. The molecule has 0 atom stereocenters. The summed E-state index contributed by atoms with van der Waals surface area (Å²) in [5.74, 6) is 0.675. The molecule has 1 aromatic carbocycles. The van der Waals surface area contributed by atoms with Crippen molar-refractivity contribution in [3.05, 3.63) is 29.8 Å². The maximum absolute atomic E-state index is 12.5. The molecule has 26 heavy (non-hydrogen) atoms. The number of carbonyl (C=O) groups is 1. The van der Waals surface area contributed by atoms with E-state index in [0.29, 0.717) is 25.8 Å². The molecule has 1 heterocycles. The number of ether oxygens (including phenoxy) is 2. The van der Waals surface area contributed by atoms with Gasteiger partial charge in [0.05, 0.1) is 19.8 Å². The monoisotopic (exact) mass is 476 g/mol. The molecule has 8 heteroatoms. The number of rotatable bonds is 9. The summed E-state index contributed by atoms with van der Waals surface area (Å²) in [5.41, 5.74) is 2.25. The Balaban J connectivity index is 0.00000338. The van der Waals surface area contributed by atoms with Crippen LogP contribution in [0, 0.1) is 0 Å².